The maximum Gasteiger partial charge on any atom is 0.412 e. The molecular weight excluding hydrogens is 220 g/mol. The Kier molecular flexibility index (Phi) is 6.78. The lowest BCUT2D eigenvalue weighted by molar-refractivity contribution is 0.138. The molecule has 1 aromatic rings. The smallest absolute Gasteiger partial charge is 0.410 e. The molecule has 1 rings (SSSR count). The van der Waals surface area contributed by atoms with E-state index in [0.717, 1.165) is 6.42 Å². The largest absolute Gasteiger partial charge is 0.412 e. The molecule has 0 saturated heterocycles. The molecule has 0 aliphatic heterocycles. The first kappa shape index (κ1) is 13.5. The fourth-order valence-corrected chi connectivity index (χ4v) is 1.13. The van der Waals surface area contributed by atoms with Crippen LogP contribution in [0.15, 0.2) is 24.3 Å². The molecule has 0 aliphatic carbocycles. The second-order valence-corrected chi connectivity index (χ2v) is 3.31. The van der Waals surface area contributed by atoms with Crippen molar-refractivity contribution in [3.8, 4) is 5.75 Å². The van der Waals surface area contributed by atoms with Crippen LogP contribution in [0.4, 0.5) is 4.79 Å². The molecule has 0 bridgehead atoms. The minimum atomic E-state index is -0.463. The maximum atomic E-state index is 11.3. The number of amides is 1. The number of benzene rings is 1. The van der Waals surface area contributed by atoms with Crippen molar-refractivity contribution < 1.29 is 14.3 Å². The van der Waals surface area contributed by atoms with Crippen molar-refractivity contribution in [1.82, 2.24) is 5.32 Å². The number of ether oxygens (including phenoxy) is 2. The summed E-state index contributed by atoms with van der Waals surface area (Å²) in [6.45, 7) is 2.16. The van der Waals surface area contributed by atoms with Crippen molar-refractivity contribution in [2.45, 2.75) is 6.42 Å². The average molecular weight is 237 g/mol. The molecule has 5 nitrogen and oxygen atoms in total. The highest BCUT2D eigenvalue weighted by Gasteiger charge is 2.02. The molecule has 3 N–H and O–H groups in total. The van der Waals surface area contributed by atoms with E-state index >= 15 is 0 Å². The molecule has 0 atom stereocenters. The summed E-state index contributed by atoms with van der Waals surface area (Å²) in [6.07, 6.45) is 0.271. The van der Waals surface area contributed by atoms with Gasteiger partial charge in [-0.3, -0.25) is 0 Å². The van der Waals surface area contributed by atoms with Crippen molar-refractivity contribution in [3.05, 3.63) is 30.3 Å². The van der Waals surface area contributed by atoms with Crippen molar-refractivity contribution >= 4 is 6.09 Å². The molecule has 0 unspecified atom stereocenters. The van der Waals surface area contributed by atoms with Crippen molar-refractivity contribution in [2.24, 2.45) is 5.73 Å². The first-order chi connectivity index (χ1) is 8.33. The molecule has 0 saturated carbocycles. The summed E-state index contributed by atoms with van der Waals surface area (Å²) < 4.78 is 10.2. The molecule has 1 amide bonds. The molecule has 1 radical (unpaired) electrons. The van der Waals surface area contributed by atoms with E-state index in [1.165, 1.54) is 0 Å². The van der Waals surface area contributed by atoms with Crippen LogP contribution in [0.5, 0.6) is 5.75 Å². The minimum Gasteiger partial charge on any atom is -0.410 e. The van der Waals surface area contributed by atoms with Gasteiger partial charge in [0.25, 0.3) is 0 Å². The summed E-state index contributed by atoms with van der Waals surface area (Å²) >= 11 is 0. The summed E-state index contributed by atoms with van der Waals surface area (Å²) in [5.74, 6) is 0.501. The topological polar surface area (TPSA) is 73.6 Å². The Balaban J connectivity index is 2.06. The van der Waals surface area contributed by atoms with Gasteiger partial charge in [0.1, 0.15) is 5.75 Å². The zero-order chi connectivity index (χ0) is 12.3. The normalized spacial score (nSPS) is 9.94. The van der Waals surface area contributed by atoms with Crippen LogP contribution in [-0.2, 0) is 4.74 Å². The lowest BCUT2D eigenvalue weighted by Crippen LogP contribution is -2.28. The Morgan fingerprint density at radius 3 is 2.82 bits per heavy atom. The molecule has 1 aromatic carbocycles. The number of nitrogens with two attached hydrogens (primary N) is 1. The maximum absolute atomic E-state index is 11.3. The third-order valence-electron chi connectivity index (χ3n) is 1.90. The van der Waals surface area contributed by atoms with Crippen molar-refractivity contribution in [2.75, 3.05) is 26.3 Å². The highest BCUT2D eigenvalue weighted by atomic mass is 16.6. The van der Waals surface area contributed by atoms with Crippen LogP contribution in [-0.4, -0.2) is 32.4 Å². The Bertz CT molecular complexity index is 317. The third kappa shape index (κ3) is 6.55. The SMILES string of the molecule is NCCOCCCNC(=O)Oc1cc[c]cc1. The van der Waals surface area contributed by atoms with Crippen LogP contribution < -0.4 is 15.8 Å². The van der Waals surface area contributed by atoms with Crippen molar-refractivity contribution in [3.63, 3.8) is 0 Å². The van der Waals surface area contributed by atoms with Gasteiger partial charge in [-0.25, -0.2) is 4.79 Å². The average Bonchev–Trinajstić information content (AvgIpc) is 2.35. The quantitative estimate of drug-likeness (QED) is 0.692. The molecule has 0 spiro atoms. The van der Waals surface area contributed by atoms with E-state index in [-0.39, 0.29) is 0 Å². The highest BCUT2D eigenvalue weighted by Crippen LogP contribution is 2.07. The second-order valence-electron chi connectivity index (χ2n) is 3.31. The van der Waals surface area contributed by atoms with E-state index < -0.39 is 6.09 Å². The predicted octanol–water partition coefficient (Wildman–Crippen LogP) is 0.941. The molecule has 17 heavy (non-hydrogen) atoms. The van der Waals surface area contributed by atoms with E-state index in [2.05, 4.69) is 11.4 Å². The number of carbonyl (C=O) groups excluding carboxylic acids is 1. The van der Waals surface area contributed by atoms with Gasteiger partial charge < -0.3 is 20.5 Å². The molecular formula is C12H17N2O3. The molecule has 0 aromatic heterocycles. The van der Waals surface area contributed by atoms with Crippen LogP contribution in [0.3, 0.4) is 0 Å². The number of carbonyl (C=O) groups is 1. The number of rotatable bonds is 7. The van der Waals surface area contributed by atoms with Gasteiger partial charge in [-0.15, -0.1) is 0 Å². The van der Waals surface area contributed by atoms with Gasteiger partial charge in [0, 0.05) is 19.7 Å². The zero-order valence-electron chi connectivity index (χ0n) is 9.65. The van der Waals surface area contributed by atoms with Gasteiger partial charge in [-0.1, -0.05) is 12.1 Å². The third-order valence-corrected chi connectivity index (χ3v) is 1.90. The summed E-state index contributed by atoms with van der Waals surface area (Å²) in [5, 5.41) is 2.63. The molecule has 93 valence electrons. The predicted molar refractivity (Wildman–Crippen MR) is 63.8 cm³/mol. The van der Waals surface area contributed by atoms with Gasteiger partial charge in [0.2, 0.25) is 0 Å². The molecule has 0 fully saturated rings. The summed E-state index contributed by atoms with van der Waals surface area (Å²) in [4.78, 5) is 11.3. The van der Waals surface area contributed by atoms with Crippen LogP contribution in [0.1, 0.15) is 6.42 Å². The number of hydrogen-bond acceptors (Lipinski definition) is 4. The first-order valence-electron chi connectivity index (χ1n) is 5.52. The van der Waals surface area contributed by atoms with Crippen molar-refractivity contribution in [1.29, 1.82) is 0 Å². The highest BCUT2D eigenvalue weighted by molar-refractivity contribution is 5.70. The van der Waals surface area contributed by atoms with Crippen LogP contribution in [0.2, 0.25) is 0 Å². The fourth-order valence-electron chi connectivity index (χ4n) is 1.13. The summed E-state index contributed by atoms with van der Waals surface area (Å²) in [5.41, 5.74) is 5.26. The van der Waals surface area contributed by atoms with Gasteiger partial charge >= 0.3 is 6.09 Å². The number of hydrogen-bond donors (Lipinski definition) is 2. The lowest BCUT2D eigenvalue weighted by atomic mass is 10.3. The number of nitrogens with one attached hydrogen (secondary N) is 1. The molecule has 0 aliphatic rings. The fraction of sp³-hybridized carbons (Fsp3) is 0.417. The van der Waals surface area contributed by atoms with Crippen LogP contribution in [0.25, 0.3) is 0 Å². The standard InChI is InChI=1S/C12H17N2O3/c13-7-10-16-9-4-8-14-12(15)17-11-5-2-1-3-6-11/h2-3,5-6H,4,7-10,13H2,(H,14,15). The first-order valence-corrected chi connectivity index (χ1v) is 5.52. The van der Waals surface area contributed by atoms with Crippen LogP contribution >= 0.6 is 0 Å². The zero-order valence-corrected chi connectivity index (χ0v) is 9.65. The molecule has 5 heteroatoms. The van der Waals surface area contributed by atoms with E-state index in [0.29, 0.717) is 32.1 Å². The Morgan fingerprint density at radius 2 is 2.12 bits per heavy atom. The Hall–Kier alpha value is -1.59. The van der Waals surface area contributed by atoms with Gasteiger partial charge in [0.15, 0.2) is 0 Å². The van der Waals surface area contributed by atoms with E-state index in [1.807, 2.05) is 0 Å². The minimum absolute atomic E-state index is 0.463. The second kappa shape index (κ2) is 8.55. The van der Waals surface area contributed by atoms with E-state index in [4.69, 9.17) is 15.2 Å². The van der Waals surface area contributed by atoms with Gasteiger partial charge in [-0.05, 0) is 24.6 Å². The summed E-state index contributed by atoms with van der Waals surface area (Å²) in [7, 11) is 0. The molecule has 0 heterocycles. The van der Waals surface area contributed by atoms with Gasteiger partial charge in [-0.2, -0.15) is 0 Å². The Labute approximate surface area is 101 Å². The van der Waals surface area contributed by atoms with E-state index in [1.54, 1.807) is 24.3 Å². The van der Waals surface area contributed by atoms with Crippen LogP contribution in [0, 0.1) is 6.07 Å². The monoisotopic (exact) mass is 237 g/mol. The van der Waals surface area contributed by atoms with Gasteiger partial charge in [0.05, 0.1) is 6.61 Å². The Morgan fingerprint density at radius 1 is 1.35 bits per heavy atom. The summed E-state index contributed by atoms with van der Waals surface area (Å²) in [6, 6.07) is 9.55. The lowest BCUT2D eigenvalue weighted by Gasteiger charge is -2.06. The van der Waals surface area contributed by atoms with E-state index in [9.17, 15) is 4.79 Å².